The third-order valence-corrected chi connectivity index (χ3v) is 4.57. The fourth-order valence-corrected chi connectivity index (χ4v) is 2.85. The van der Waals surface area contributed by atoms with Crippen LogP contribution in [-0.2, 0) is 19.6 Å². The van der Waals surface area contributed by atoms with E-state index in [-0.39, 0.29) is 4.90 Å². The zero-order valence-electron chi connectivity index (χ0n) is 11.5. The summed E-state index contributed by atoms with van der Waals surface area (Å²) < 4.78 is 31.3. The highest BCUT2D eigenvalue weighted by Gasteiger charge is 2.25. The molecule has 0 saturated carbocycles. The molecular weight excluding hydrogens is 266 g/mol. The molecule has 0 amide bonds. The maximum atomic E-state index is 12.1. The van der Waals surface area contributed by atoms with Gasteiger partial charge in [-0.1, -0.05) is 24.6 Å². The normalized spacial score (nSPS) is 14.7. The van der Waals surface area contributed by atoms with Crippen LogP contribution in [-0.4, -0.2) is 27.5 Å². The summed E-state index contributed by atoms with van der Waals surface area (Å²) in [6.45, 7) is 5.13. The van der Waals surface area contributed by atoms with Gasteiger partial charge in [0.1, 0.15) is 0 Å². The molecule has 19 heavy (non-hydrogen) atoms. The van der Waals surface area contributed by atoms with Gasteiger partial charge >= 0.3 is 5.97 Å². The summed E-state index contributed by atoms with van der Waals surface area (Å²) in [4.78, 5) is 11.5. The standard InChI is InChI=1S/C13H19NO4S/c1-9-5-7-12(8-6-9)19(16,17)14-11(3)10(2)13(15)18-4/h5-8,10-11,14H,1-4H3/t10-,11-/m0/s1. The minimum Gasteiger partial charge on any atom is -0.469 e. The van der Waals surface area contributed by atoms with Crippen LogP contribution < -0.4 is 4.72 Å². The van der Waals surface area contributed by atoms with Gasteiger partial charge in [-0.25, -0.2) is 13.1 Å². The smallest absolute Gasteiger partial charge is 0.309 e. The van der Waals surface area contributed by atoms with Crippen LogP contribution in [0.25, 0.3) is 0 Å². The minimum absolute atomic E-state index is 0.182. The van der Waals surface area contributed by atoms with Crippen LogP contribution in [0.15, 0.2) is 29.2 Å². The predicted octanol–water partition coefficient (Wildman–Crippen LogP) is 1.47. The predicted molar refractivity (Wildman–Crippen MR) is 72.1 cm³/mol. The molecular formula is C13H19NO4S. The molecule has 0 aromatic heterocycles. The van der Waals surface area contributed by atoms with Crippen molar-refractivity contribution in [2.45, 2.75) is 31.7 Å². The number of benzene rings is 1. The lowest BCUT2D eigenvalue weighted by Crippen LogP contribution is -2.40. The number of sulfonamides is 1. The topological polar surface area (TPSA) is 72.5 Å². The van der Waals surface area contributed by atoms with Crippen molar-refractivity contribution in [1.29, 1.82) is 0 Å². The maximum absolute atomic E-state index is 12.1. The van der Waals surface area contributed by atoms with Crippen LogP contribution in [0, 0.1) is 12.8 Å². The molecule has 1 N–H and O–H groups in total. The van der Waals surface area contributed by atoms with Crippen molar-refractivity contribution >= 4 is 16.0 Å². The van der Waals surface area contributed by atoms with E-state index in [2.05, 4.69) is 9.46 Å². The van der Waals surface area contributed by atoms with Crippen molar-refractivity contribution in [3.05, 3.63) is 29.8 Å². The van der Waals surface area contributed by atoms with E-state index in [0.29, 0.717) is 0 Å². The number of hydrogen-bond donors (Lipinski definition) is 1. The van der Waals surface area contributed by atoms with Gasteiger partial charge < -0.3 is 4.74 Å². The SMILES string of the molecule is COC(=O)[C@@H](C)[C@H](C)NS(=O)(=O)c1ccc(C)cc1. The van der Waals surface area contributed by atoms with E-state index >= 15 is 0 Å². The molecule has 1 aromatic carbocycles. The van der Waals surface area contributed by atoms with Gasteiger partial charge in [-0.05, 0) is 26.0 Å². The Labute approximate surface area is 114 Å². The first-order valence-electron chi connectivity index (χ1n) is 5.94. The third-order valence-electron chi connectivity index (χ3n) is 3.00. The summed E-state index contributed by atoms with van der Waals surface area (Å²) >= 11 is 0. The molecule has 106 valence electrons. The molecule has 2 atom stereocenters. The average molecular weight is 285 g/mol. The van der Waals surface area contributed by atoms with Gasteiger partial charge in [0.05, 0.1) is 17.9 Å². The van der Waals surface area contributed by atoms with Crippen molar-refractivity contribution in [2.75, 3.05) is 7.11 Å². The number of aryl methyl sites for hydroxylation is 1. The van der Waals surface area contributed by atoms with Gasteiger partial charge in [-0.15, -0.1) is 0 Å². The molecule has 1 aromatic rings. The van der Waals surface area contributed by atoms with Gasteiger partial charge in [0.15, 0.2) is 0 Å². The van der Waals surface area contributed by atoms with Gasteiger partial charge in [0.2, 0.25) is 10.0 Å². The summed E-state index contributed by atoms with van der Waals surface area (Å²) in [5.74, 6) is -0.996. The number of carbonyl (C=O) groups excluding carboxylic acids is 1. The average Bonchev–Trinajstić information content (AvgIpc) is 2.36. The van der Waals surface area contributed by atoms with Crippen LogP contribution >= 0.6 is 0 Å². The van der Waals surface area contributed by atoms with Crippen molar-refractivity contribution in [3.8, 4) is 0 Å². The number of nitrogens with one attached hydrogen (secondary N) is 1. The van der Waals surface area contributed by atoms with E-state index in [9.17, 15) is 13.2 Å². The Bertz CT molecular complexity index is 536. The molecule has 1 rings (SSSR count). The van der Waals surface area contributed by atoms with Gasteiger partial charge in [-0.3, -0.25) is 4.79 Å². The number of esters is 1. The Kier molecular flexibility index (Phi) is 5.08. The lowest BCUT2D eigenvalue weighted by molar-refractivity contribution is -0.145. The lowest BCUT2D eigenvalue weighted by atomic mass is 10.1. The van der Waals surface area contributed by atoms with Crippen molar-refractivity contribution < 1.29 is 17.9 Å². The molecule has 5 nitrogen and oxygen atoms in total. The monoisotopic (exact) mass is 285 g/mol. The first-order chi connectivity index (χ1) is 8.77. The first kappa shape index (κ1) is 15.7. The molecule has 6 heteroatoms. The number of ether oxygens (including phenoxy) is 1. The van der Waals surface area contributed by atoms with Crippen molar-refractivity contribution in [1.82, 2.24) is 4.72 Å². The highest BCUT2D eigenvalue weighted by Crippen LogP contribution is 2.13. The Morgan fingerprint density at radius 3 is 2.21 bits per heavy atom. The third kappa shape index (κ3) is 4.04. The van der Waals surface area contributed by atoms with Crippen LogP contribution in [0.3, 0.4) is 0 Å². The molecule has 0 bridgehead atoms. The minimum atomic E-state index is -3.62. The molecule has 0 aliphatic heterocycles. The maximum Gasteiger partial charge on any atom is 0.309 e. The lowest BCUT2D eigenvalue weighted by Gasteiger charge is -2.19. The number of hydrogen-bond acceptors (Lipinski definition) is 4. The van der Waals surface area contributed by atoms with Crippen molar-refractivity contribution in [3.63, 3.8) is 0 Å². The second-order valence-corrected chi connectivity index (χ2v) is 6.25. The van der Waals surface area contributed by atoms with Crippen LogP contribution in [0.2, 0.25) is 0 Å². The van der Waals surface area contributed by atoms with E-state index in [1.807, 2.05) is 6.92 Å². The van der Waals surface area contributed by atoms with E-state index < -0.39 is 28.0 Å². The molecule has 0 radical (unpaired) electrons. The summed E-state index contributed by atoms with van der Waals surface area (Å²) in [6, 6.07) is 5.98. The van der Waals surface area contributed by atoms with E-state index in [1.54, 1.807) is 26.0 Å². The van der Waals surface area contributed by atoms with Gasteiger partial charge in [-0.2, -0.15) is 0 Å². The highest BCUT2D eigenvalue weighted by atomic mass is 32.2. The quantitative estimate of drug-likeness (QED) is 0.832. The molecule has 0 fully saturated rings. The summed E-state index contributed by atoms with van der Waals surface area (Å²) in [6.07, 6.45) is 0. The Balaban J connectivity index is 2.85. The molecule has 0 aliphatic rings. The Morgan fingerprint density at radius 2 is 1.74 bits per heavy atom. The zero-order chi connectivity index (χ0) is 14.6. The Morgan fingerprint density at radius 1 is 1.21 bits per heavy atom. The largest absolute Gasteiger partial charge is 0.469 e. The molecule has 0 saturated heterocycles. The molecule has 0 heterocycles. The zero-order valence-corrected chi connectivity index (χ0v) is 12.3. The summed E-state index contributed by atoms with van der Waals surface area (Å²) in [7, 11) is -2.34. The van der Waals surface area contributed by atoms with E-state index in [1.165, 1.54) is 19.2 Å². The van der Waals surface area contributed by atoms with Crippen LogP contribution in [0.4, 0.5) is 0 Å². The fourth-order valence-electron chi connectivity index (χ4n) is 1.52. The second kappa shape index (κ2) is 6.16. The molecule has 0 unspecified atom stereocenters. The summed E-state index contributed by atoms with van der Waals surface area (Å²) in [5.41, 5.74) is 0.981. The number of carbonyl (C=O) groups is 1. The number of rotatable bonds is 5. The van der Waals surface area contributed by atoms with Crippen molar-refractivity contribution in [2.24, 2.45) is 5.92 Å². The Hall–Kier alpha value is -1.40. The van der Waals surface area contributed by atoms with Crippen LogP contribution in [0.1, 0.15) is 19.4 Å². The fraction of sp³-hybridized carbons (Fsp3) is 0.462. The van der Waals surface area contributed by atoms with E-state index in [0.717, 1.165) is 5.56 Å². The summed E-state index contributed by atoms with van der Waals surface area (Å²) in [5, 5.41) is 0. The van der Waals surface area contributed by atoms with Gasteiger partial charge in [0, 0.05) is 6.04 Å². The number of methoxy groups -OCH3 is 1. The second-order valence-electron chi connectivity index (χ2n) is 4.53. The van der Waals surface area contributed by atoms with Crippen LogP contribution in [0.5, 0.6) is 0 Å². The molecule has 0 spiro atoms. The molecule has 0 aliphatic carbocycles. The first-order valence-corrected chi connectivity index (χ1v) is 7.43. The highest BCUT2D eigenvalue weighted by molar-refractivity contribution is 7.89. The van der Waals surface area contributed by atoms with E-state index in [4.69, 9.17) is 0 Å². The van der Waals surface area contributed by atoms with Gasteiger partial charge in [0.25, 0.3) is 0 Å².